The Hall–Kier alpha value is -1.90. The minimum atomic E-state index is -0.347. The molecule has 2 bridgehead atoms. The summed E-state index contributed by atoms with van der Waals surface area (Å²) in [5.41, 5.74) is 0.794. The number of ether oxygens (including phenoxy) is 1. The van der Waals surface area contributed by atoms with Crippen molar-refractivity contribution in [3.63, 3.8) is 0 Å². The molecule has 18 heavy (non-hydrogen) atoms. The van der Waals surface area contributed by atoms with Crippen molar-refractivity contribution in [2.75, 3.05) is 0 Å². The minimum Gasteiger partial charge on any atom is -0.393 e. The lowest BCUT2D eigenvalue weighted by Gasteiger charge is -2.29. The van der Waals surface area contributed by atoms with Crippen LogP contribution in [0.4, 0.5) is 0 Å². The monoisotopic (exact) mass is 240 g/mol. The summed E-state index contributed by atoms with van der Waals surface area (Å²) < 4.78 is 4.84. The fourth-order valence-electron chi connectivity index (χ4n) is 3.91. The molecule has 3 heteroatoms. The van der Waals surface area contributed by atoms with Gasteiger partial charge >= 0.3 is 11.9 Å². The fourth-order valence-corrected chi connectivity index (χ4v) is 3.91. The number of allylic oxidation sites excluding steroid dienone is 2. The van der Waals surface area contributed by atoms with E-state index in [2.05, 4.69) is 12.2 Å². The molecule has 1 aliphatic heterocycles. The van der Waals surface area contributed by atoms with Crippen molar-refractivity contribution >= 4 is 11.9 Å². The quantitative estimate of drug-likeness (QED) is 0.427. The first kappa shape index (κ1) is 10.1. The number of hydrogen-bond donors (Lipinski definition) is 0. The number of benzene rings is 1. The molecule has 4 atom stereocenters. The second-order valence-electron chi connectivity index (χ2n) is 5.38. The van der Waals surface area contributed by atoms with Gasteiger partial charge < -0.3 is 4.74 Å². The Bertz CT molecular complexity index is 575. The average Bonchev–Trinajstić information content (AvgIpc) is 3.03. The molecule has 1 saturated heterocycles. The molecule has 1 aromatic carbocycles. The summed E-state index contributed by atoms with van der Waals surface area (Å²) in [6, 6.07) is 9.97. The summed E-state index contributed by atoms with van der Waals surface area (Å²) in [7, 11) is 0. The molecule has 0 radical (unpaired) electrons. The van der Waals surface area contributed by atoms with Crippen molar-refractivity contribution in [3.05, 3.63) is 48.0 Å². The van der Waals surface area contributed by atoms with Gasteiger partial charge in [0, 0.05) is 5.41 Å². The smallest absolute Gasteiger partial charge is 0.318 e. The number of esters is 2. The Kier molecular flexibility index (Phi) is 1.74. The maximum atomic E-state index is 12.0. The molecule has 0 aromatic heterocycles. The minimum absolute atomic E-state index is 0.161. The van der Waals surface area contributed by atoms with E-state index in [1.165, 1.54) is 0 Å². The number of carbonyl (C=O) groups excluding carboxylic acids is 2. The molecule has 1 heterocycles. The summed E-state index contributed by atoms with van der Waals surface area (Å²) >= 11 is 0. The molecule has 3 aliphatic rings. The largest absolute Gasteiger partial charge is 0.393 e. The third kappa shape index (κ3) is 1.00. The van der Waals surface area contributed by atoms with Gasteiger partial charge in [-0.15, -0.1) is 0 Å². The van der Waals surface area contributed by atoms with Gasteiger partial charge in [0.15, 0.2) is 0 Å². The second-order valence-corrected chi connectivity index (χ2v) is 5.38. The zero-order valence-electron chi connectivity index (χ0n) is 9.71. The van der Waals surface area contributed by atoms with E-state index in [9.17, 15) is 9.59 Å². The Morgan fingerprint density at radius 3 is 2.67 bits per heavy atom. The molecule has 0 amide bonds. The lowest BCUT2D eigenvalue weighted by atomic mass is 9.70. The van der Waals surface area contributed by atoms with Crippen LogP contribution in [0.1, 0.15) is 12.0 Å². The van der Waals surface area contributed by atoms with Crippen LogP contribution in [-0.2, 0) is 19.7 Å². The molecule has 2 aliphatic carbocycles. The van der Waals surface area contributed by atoms with E-state index in [-0.39, 0.29) is 35.1 Å². The molecule has 1 aromatic rings. The van der Waals surface area contributed by atoms with Gasteiger partial charge in [0.2, 0.25) is 0 Å². The van der Waals surface area contributed by atoms with Gasteiger partial charge in [-0.2, -0.15) is 0 Å². The van der Waals surface area contributed by atoms with E-state index in [0.29, 0.717) is 0 Å². The molecule has 2 fully saturated rings. The van der Waals surface area contributed by atoms with E-state index in [4.69, 9.17) is 4.74 Å². The number of cyclic esters (lactones) is 2. The van der Waals surface area contributed by atoms with Crippen LogP contribution in [0.25, 0.3) is 0 Å². The van der Waals surface area contributed by atoms with Crippen molar-refractivity contribution in [2.45, 2.75) is 11.8 Å². The maximum absolute atomic E-state index is 12.0. The van der Waals surface area contributed by atoms with E-state index in [0.717, 1.165) is 12.0 Å². The SMILES string of the molecule is O=C1OC(=O)C2C1C1C=CC2(c2ccccc2)C1. The van der Waals surface area contributed by atoms with Crippen LogP contribution >= 0.6 is 0 Å². The predicted molar refractivity (Wildman–Crippen MR) is 63.4 cm³/mol. The second kappa shape index (κ2) is 3.10. The van der Waals surface area contributed by atoms with Crippen LogP contribution in [0.15, 0.2) is 42.5 Å². The van der Waals surface area contributed by atoms with Crippen LogP contribution in [-0.4, -0.2) is 11.9 Å². The van der Waals surface area contributed by atoms with Crippen LogP contribution in [0, 0.1) is 17.8 Å². The zero-order chi connectivity index (χ0) is 12.3. The first-order valence-corrected chi connectivity index (χ1v) is 6.23. The highest BCUT2D eigenvalue weighted by Gasteiger charge is 2.65. The van der Waals surface area contributed by atoms with E-state index in [1.807, 2.05) is 30.3 Å². The topological polar surface area (TPSA) is 43.4 Å². The fraction of sp³-hybridized carbons (Fsp3) is 0.333. The standard InChI is InChI=1S/C15H12O3/c16-13-11-9-6-7-15(8-9,12(11)14(17)18-13)10-4-2-1-3-5-10/h1-7,9,11-12H,8H2. The van der Waals surface area contributed by atoms with Crippen LogP contribution in [0.2, 0.25) is 0 Å². The Labute approximate surface area is 104 Å². The highest BCUT2D eigenvalue weighted by atomic mass is 16.6. The molecule has 4 unspecified atom stereocenters. The van der Waals surface area contributed by atoms with Crippen molar-refractivity contribution in [3.8, 4) is 0 Å². The summed E-state index contributed by atoms with van der Waals surface area (Å²) in [6.45, 7) is 0. The van der Waals surface area contributed by atoms with Crippen molar-refractivity contribution in [1.29, 1.82) is 0 Å². The van der Waals surface area contributed by atoms with Crippen molar-refractivity contribution < 1.29 is 14.3 Å². The summed E-state index contributed by atoms with van der Waals surface area (Å²) in [5, 5.41) is 0. The molecular formula is C15H12O3. The van der Waals surface area contributed by atoms with Crippen LogP contribution in [0.5, 0.6) is 0 Å². The number of rotatable bonds is 1. The third-order valence-electron chi connectivity index (χ3n) is 4.63. The zero-order valence-corrected chi connectivity index (χ0v) is 9.71. The van der Waals surface area contributed by atoms with Crippen LogP contribution < -0.4 is 0 Å². The maximum Gasteiger partial charge on any atom is 0.318 e. The molecule has 0 N–H and O–H groups in total. The van der Waals surface area contributed by atoms with Gasteiger partial charge in [-0.3, -0.25) is 9.59 Å². The first-order chi connectivity index (χ1) is 8.72. The number of fused-ring (bicyclic) bond motifs is 5. The summed E-state index contributed by atoms with van der Waals surface area (Å²) in [5.74, 6) is -1.10. The van der Waals surface area contributed by atoms with Crippen LogP contribution in [0.3, 0.4) is 0 Å². The molecule has 4 rings (SSSR count). The van der Waals surface area contributed by atoms with Crippen molar-refractivity contribution in [1.82, 2.24) is 0 Å². The van der Waals surface area contributed by atoms with E-state index in [1.54, 1.807) is 0 Å². The van der Waals surface area contributed by atoms with Crippen molar-refractivity contribution in [2.24, 2.45) is 17.8 Å². The molecule has 3 nitrogen and oxygen atoms in total. The third-order valence-corrected chi connectivity index (χ3v) is 4.63. The first-order valence-electron chi connectivity index (χ1n) is 6.23. The van der Waals surface area contributed by atoms with E-state index >= 15 is 0 Å². The number of carbonyl (C=O) groups is 2. The van der Waals surface area contributed by atoms with Gasteiger partial charge in [0.25, 0.3) is 0 Å². The van der Waals surface area contributed by atoms with Gasteiger partial charge in [-0.05, 0) is 17.9 Å². The normalized spacial score (nSPS) is 40.1. The molecular weight excluding hydrogens is 228 g/mol. The molecule has 1 saturated carbocycles. The summed E-state index contributed by atoms with van der Waals surface area (Å²) in [4.78, 5) is 23.7. The molecule has 0 spiro atoms. The molecule has 90 valence electrons. The highest BCUT2D eigenvalue weighted by molar-refractivity contribution is 5.99. The average molecular weight is 240 g/mol. The van der Waals surface area contributed by atoms with Gasteiger partial charge in [0.1, 0.15) is 0 Å². The highest BCUT2D eigenvalue weighted by Crippen LogP contribution is 2.60. The lowest BCUT2D eigenvalue weighted by Crippen LogP contribution is -2.34. The summed E-state index contributed by atoms with van der Waals surface area (Å²) in [6.07, 6.45) is 5.04. The van der Waals surface area contributed by atoms with Gasteiger partial charge in [-0.1, -0.05) is 42.5 Å². The van der Waals surface area contributed by atoms with Gasteiger partial charge in [0.05, 0.1) is 11.8 Å². The Morgan fingerprint density at radius 1 is 1.11 bits per heavy atom. The predicted octanol–water partition coefficient (Wildman–Crippen LogP) is 1.83. The Morgan fingerprint density at radius 2 is 1.89 bits per heavy atom. The van der Waals surface area contributed by atoms with E-state index < -0.39 is 0 Å². The number of hydrogen-bond acceptors (Lipinski definition) is 3. The lowest BCUT2D eigenvalue weighted by molar-refractivity contribution is -0.154. The van der Waals surface area contributed by atoms with Gasteiger partial charge in [-0.25, -0.2) is 0 Å². The Balaban J connectivity index is 1.90.